The van der Waals surface area contributed by atoms with E-state index in [1.165, 1.54) is 11.3 Å². The molecule has 156 valence electrons. The summed E-state index contributed by atoms with van der Waals surface area (Å²) in [6, 6.07) is -0.151. The van der Waals surface area contributed by atoms with Crippen LogP contribution in [-0.2, 0) is 14.8 Å². The number of nitrogens with one attached hydrogen (secondary N) is 3. The van der Waals surface area contributed by atoms with Crippen molar-refractivity contribution in [1.29, 1.82) is 0 Å². The Morgan fingerprint density at radius 2 is 2.04 bits per heavy atom. The molecule has 0 bridgehead atoms. The van der Waals surface area contributed by atoms with Crippen molar-refractivity contribution in [2.45, 2.75) is 33.2 Å². The minimum absolute atomic E-state index is 0. The van der Waals surface area contributed by atoms with Gasteiger partial charge in [-0.1, -0.05) is 0 Å². The van der Waals surface area contributed by atoms with Gasteiger partial charge in [0.1, 0.15) is 9.88 Å². The Balaban J connectivity index is 0.00000676. The Morgan fingerprint density at radius 1 is 1.37 bits per heavy atom. The maximum absolute atomic E-state index is 11.9. The van der Waals surface area contributed by atoms with Crippen LogP contribution in [0.5, 0.6) is 0 Å². The van der Waals surface area contributed by atoms with Gasteiger partial charge in [-0.05, 0) is 27.2 Å². The largest absolute Gasteiger partial charge is 0.462 e. The van der Waals surface area contributed by atoms with Crippen molar-refractivity contribution in [1.82, 2.24) is 20.3 Å². The molecule has 3 N–H and O–H groups in total. The summed E-state index contributed by atoms with van der Waals surface area (Å²) in [6.45, 7) is 6.70. The third-order valence-corrected chi connectivity index (χ3v) is 5.28. The molecule has 0 amide bonds. The van der Waals surface area contributed by atoms with Crippen LogP contribution in [0.15, 0.2) is 4.99 Å². The normalized spacial score (nSPS) is 12.9. The number of hydrogen-bond donors (Lipinski definition) is 3. The third-order valence-electron chi connectivity index (χ3n) is 3.23. The van der Waals surface area contributed by atoms with Gasteiger partial charge in [-0.15, -0.1) is 35.3 Å². The van der Waals surface area contributed by atoms with Crippen LogP contribution in [0.3, 0.4) is 0 Å². The number of sulfonamides is 1. The lowest BCUT2D eigenvalue weighted by Gasteiger charge is -2.16. The Kier molecular flexibility index (Phi) is 12.0. The van der Waals surface area contributed by atoms with Crippen LogP contribution in [0.1, 0.15) is 46.7 Å². The second-order valence-corrected chi connectivity index (χ2v) is 8.44. The van der Waals surface area contributed by atoms with E-state index in [0.717, 1.165) is 11.3 Å². The lowest BCUT2D eigenvalue weighted by Crippen LogP contribution is -2.39. The van der Waals surface area contributed by atoms with Crippen LogP contribution >= 0.6 is 35.3 Å². The summed E-state index contributed by atoms with van der Waals surface area (Å²) in [5.74, 6) is 0.212. The van der Waals surface area contributed by atoms with Crippen LogP contribution in [-0.4, -0.2) is 58.3 Å². The van der Waals surface area contributed by atoms with Crippen LogP contribution in [0.2, 0.25) is 0 Å². The molecule has 0 aromatic carbocycles. The second kappa shape index (κ2) is 12.5. The summed E-state index contributed by atoms with van der Waals surface area (Å²) in [5.41, 5.74) is 0.645. The number of carbonyl (C=O) groups excluding carboxylic acids is 1. The van der Waals surface area contributed by atoms with Crippen LogP contribution in [0.4, 0.5) is 0 Å². The van der Waals surface area contributed by atoms with E-state index in [0.29, 0.717) is 42.6 Å². The Hall–Kier alpha value is -0.990. The van der Waals surface area contributed by atoms with E-state index in [1.807, 2.05) is 6.92 Å². The average molecular weight is 533 g/mol. The van der Waals surface area contributed by atoms with Crippen LogP contribution < -0.4 is 15.4 Å². The van der Waals surface area contributed by atoms with Gasteiger partial charge in [-0.2, -0.15) is 0 Å². The Labute approximate surface area is 181 Å². The zero-order valence-electron chi connectivity index (χ0n) is 16.2. The van der Waals surface area contributed by atoms with E-state index in [4.69, 9.17) is 4.74 Å². The molecule has 12 heteroatoms. The first-order valence-electron chi connectivity index (χ1n) is 8.24. The Morgan fingerprint density at radius 3 is 2.59 bits per heavy atom. The molecule has 1 unspecified atom stereocenters. The van der Waals surface area contributed by atoms with Crippen molar-refractivity contribution in [2.24, 2.45) is 4.99 Å². The first-order valence-corrected chi connectivity index (χ1v) is 10.9. The zero-order valence-corrected chi connectivity index (χ0v) is 20.1. The fourth-order valence-electron chi connectivity index (χ4n) is 2.00. The highest BCUT2D eigenvalue weighted by molar-refractivity contribution is 14.0. The maximum Gasteiger partial charge on any atom is 0.350 e. The van der Waals surface area contributed by atoms with Gasteiger partial charge in [0.25, 0.3) is 0 Å². The second-order valence-electron chi connectivity index (χ2n) is 5.57. The van der Waals surface area contributed by atoms with Gasteiger partial charge in [0, 0.05) is 20.1 Å². The SMILES string of the molecule is CCOC(=O)c1sc(C(C)NC(=NC)NCCCNS(C)(=O)=O)nc1C.I. The molecule has 1 aromatic heterocycles. The van der Waals surface area contributed by atoms with E-state index < -0.39 is 10.0 Å². The van der Waals surface area contributed by atoms with Gasteiger partial charge < -0.3 is 15.4 Å². The molecule has 9 nitrogen and oxygen atoms in total. The molecule has 0 saturated heterocycles. The molecule has 0 aliphatic carbocycles. The number of aliphatic imine (C=N–C) groups is 1. The average Bonchev–Trinajstić information content (AvgIpc) is 2.94. The van der Waals surface area contributed by atoms with Gasteiger partial charge >= 0.3 is 5.97 Å². The molecule has 1 atom stereocenters. The van der Waals surface area contributed by atoms with Crippen molar-refractivity contribution < 1.29 is 17.9 Å². The minimum Gasteiger partial charge on any atom is -0.462 e. The van der Waals surface area contributed by atoms with Crippen molar-refractivity contribution in [2.75, 3.05) is 33.0 Å². The Bertz CT molecular complexity index is 737. The molecule has 1 rings (SSSR count). The molecule has 0 radical (unpaired) electrons. The predicted molar refractivity (Wildman–Crippen MR) is 119 cm³/mol. The number of halogens is 1. The monoisotopic (exact) mass is 533 g/mol. The number of ether oxygens (including phenoxy) is 1. The summed E-state index contributed by atoms with van der Waals surface area (Å²) < 4.78 is 29.5. The fourth-order valence-corrected chi connectivity index (χ4v) is 3.48. The van der Waals surface area contributed by atoms with E-state index in [-0.39, 0.29) is 36.0 Å². The lowest BCUT2D eigenvalue weighted by atomic mass is 10.3. The highest BCUT2D eigenvalue weighted by Gasteiger charge is 2.20. The summed E-state index contributed by atoms with van der Waals surface area (Å²) in [5, 5.41) is 7.06. The summed E-state index contributed by atoms with van der Waals surface area (Å²) >= 11 is 1.30. The van der Waals surface area contributed by atoms with Crippen molar-refractivity contribution in [3.63, 3.8) is 0 Å². The van der Waals surface area contributed by atoms with E-state index in [9.17, 15) is 13.2 Å². The summed E-state index contributed by atoms with van der Waals surface area (Å²) in [6.07, 6.45) is 1.74. The standard InChI is InChI=1S/C15H27N5O4S2.HI/c1-6-24-14(21)12-10(2)19-13(25-12)11(3)20-15(16-4)17-8-7-9-18-26(5,22)23;/h11,18H,6-9H2,1-5H3,(H2,16,17,20);1H. The molecule has 1 aromatic rings. The number of carbonyl (C=O) groups is 1. The molecule has 0 spiro atoms. The number of rotatable bonds is 9. The topological polar surface area (TPSA) is 122 Å². The van der Waals surface area contributed by atoms with Gasteiger partial charge in [-0.3, -0.25) is 4.99 Å². The van der Waals surface area contributed by atoms with E-state index in [2.05, 4.69) is 25.3 Å². The smallest absolute Gasteiger partial charge is 0.350 e. The zero-order chi connectivity index (χ0) is 19.7. The number of hydrogen-bond acceptors (Lipinski definition) is 7. The highest BCUT2D eigenvalue weighted by atomic mass is 127. The van der Waals surface area contributed by atoms with Crippen LogP contribution in [0.25, 0.3) is 0 Å². The number of aryl methyl sites for hydroxylation is 1. The van der Waals surface area contributed by atoms with Gasteiger partial charge in [0.05, 0.1) is 24.6 Å². The van der Waals surface area contributed by atoms with Gasteiger partial charge in [0.2, 0.25) is 10.0 Å². The molecule has 0 fully saturated rings. The number of guanidine groups is 1. The number of aromatic nitrogens is 1. The number of thiazole rings is 1. The van der Waals surface area contributed by atoms with Crippen molar-refractivity contribution >= 4 is 57.3 Å². The minimum atomic E-state index is -3.17. The van der Waals surface area contributed by atoms with Gasteiger partial charge in [-0.25, -0.2) is 22.9 Å². The van der Waals surface area contributed by atoms with Crippen molar-refractivity contribution in [3.8, 4) is 0 Å². The molecule has 0 saturated carbocycles. The summed E-state index contributed by atoms with van der Waals surface area (Å²) in [7, 11) is -1.52. The highest BCUT2D eigenvalue weighted by Crippen LogP contribution is 2.24. The molecule has 27 heavy (non-hydrogen) atoms. The molecular weight excluding hydrogens is 505 g/mol. The first kappa shape index (κ1) is 26.0. The summed E-state index contributed by atoms with van der Waals surface area (Å²) in [4.78, 5) is 21.0. The maximum atomic E-state index is 11.9. The van der Waals surface area contributed by atoms with Gasteiger partial charge in [0.15, 0.2) is 5.96 Å². The number of nitrogens with zero attached hydrogens (tertiary/aromatic N) is 2. The number of esters is 1. The molecule has 0 aliphatic heterocycles. The van der Waals surface area contributed by atoms with Crippen molar-refractivity contribution in [3.05, 3.63) is 15.6 Å². The van der Waals surface area contributed by atoms with E-state index >= 15 is 0 Å². The molecule has 1 heterocycles. The molecular formula is C15H28IN5O4S2. The third kappa shape index (κ3) is 9.67. The first-order chi connectivity index (χ1) is 12.2. The quantitative estimate of drug-likeness (QED) is 0.144. The fraction of sp³-hybridized carbons (Fsp3) is 0.667. The van der Waals surface area contributed by atoms with E-state index in [1.54, 1.807) is 20.9 Å². The predicted octanol–water partition coefficient (Wildman–Crippen LogP) is 1.41. The van der Waals surface area contributed by atoms with Crippen LogP contribution in [0, 0.1) is 6.92 Å². The molecule has 0 aliphatic rings. The lowest BCUT2D eigenvalue weighted by molar-refractivity contribution is 0.0531.